The SMILES string of the molecule is CCOCc1ccc(CNC(=O)CCC(=O)N2CCc3sccc3C2)cc1. The topological polar surface area (TPSA) is 58.6 Å². The van der Waals surface area contributed by atoms with Crippen molar-refractivity contribution in [3.8, 4) is 0 Å². The lowest BCUT2D eigenvalue weighted by molar-refractivity contribution is -0.134. The number of hydrogen-bond acceptors (Lipinski definition) is 4. The highest BCUT2D eigenvalue weighted by Crippen LogP contribution is 2.24. The fraction of sp³-hybridized carbons (Fsp3) is 0.429. The van der Waals surface area contributed by atoms with Crippen molar-refractivity contribution in [1.82, 2.24) is 10.2 Å². The second kappa shape index (κ2) is 9.67. The molecule has 1 N–H and O–H groups in total. The first-order chi connectivity index (χ1) is 13.2. The fourth-order valence-corrected chi connectivity index (χ4v) is 3.99. The van der Waals surface area contributed by atoms with Crippen molar-refractivity contribution < 1.29 is 14.3 Å². The van der Waals surface area contributed by atoms with Gasteiger partial charge in [-0.1, -0.05) is 24.3 Å². The number of thiophene rings is 1. The van der Waals surface area contributed by atoms with Crippen molar-refractivity contribution in [1.29, 1.82) is 0 Å². The Morgan fingerprint density at radius 1 is 1.15 bits per heavy atom. The number of hydrogen-bond donors (Lipinski definition) is 1. The molecular weight excluding hydrogens is 360 g/mol. The monoisotopic (exact) mass is 386 g/mol. The number of nitrogens with zero attached hydrogens (tertiary/aromatic N) is 1. The number of rotatable bonds is 8. The summed E-state index contributed by atoms with van der Waals surface area (Å²) >= 11 is 1.76. The molecule has 0 spiro atoms. The Hall–Kier alpha value is -2.18. The van der Waals surface area contributed by atoms with Crippen LogP contribution in [0.3, 0.4) is 0 Å². The summed E-state index contributed by atoms with van der Waals surface area (Å²) in [6.07, 6.45) is 1.41. The van der Waals surface area contributed by atoms with E-state index >= 15 is 0 Å². The molecule has 0 saturated carbocycles. The second-order valence-electron chi connectivity index (χ2n) is 6.66. The van der Waals surface area contributed by atoms with Crippen molar-refractivity contribution in [3.05, 3.63) is 57.3 Å². The summed E-state index contributed by atoms with van der Waals surface area (Å²) in [5.74, 6) is -0.0303. The van der Waals surface area contributed by atoms with E-state index < -0.39 is 0 Å². The number of nitrogens with one attached hydrogen (secondary N) is 1. The van der Waals surface area contributed by atoms with Gasteiger partial charge >= 0.3 is 0 Å². The molecule has 0 unspecified atom stereocenters. The Morgan fingerprint density at radius 3 is 2.70 bits per heavy atom. The van der Waals surface area contributed by atoms with Crippen LogP contribution in [-0.4, -0.2) is 29.9 Å². The van der Waals surface area contributed by atoms with Gasteiger partial charge in [-0.15, -0.1) is 11.3 Å². The third kappa shape index (κ3) is 5.65. The summed E-state index contributed by atoms with van der Waals surface area (Å²) in [6.45, 7) is 5.18. The predicted molar refractivity (Wildman–Crippen MR) is 106 cm³/mol. The van der Waals surface area contributed by atoms with Gasteiger partial charge in [0.1, 0.15) is 0 Å². The van der Waals surface area contributed by atoms with E-state index in [4.69, 9.17) is 4.74 Å². The van der Waals surface area contributed by atoms with Gasteiger partial charge in [0.05, 0.1) is 6.61 Å². The third-order valence-electron chi connectivity index (χ3n) is 4.71. The van der Waals surface area contributed by atoms with Crippen molar-refractivity contribution in [2.45, 2.75) is 45.9 Å². The third-order valence-corrected chi connectivity index (χ3v) is 5.73. The first-order valence-electron chi connectivity index (χ1n) is 9.41. The van der Waals surface area contributed by atoms with Crippen LogP contribution in [-0.2, 0) is 40.4 Å². The molecule has 2 aromatic rings. The highest BCUT2D eigenvalue weighted by molar-refractivity contribution is 7.10. The maximum atomic E-state index is 12.4. The summed E-state index contributed by atoms with van der Waals surface area (Å²) in [5.41, 5.74) is 3.40. The Labute approximate surface area is 164 Å². The van der Waals surface area contributed by atoms with Crippen molar-refractivity contribution in [2.75, 3.05) is 13.2 Å². The van der Waals surface area contributed by atoms with E-state index in [1.165, 1.54) is 10.4 Å². The van der Waals surface area contributed by atoms with Gasteiger partial charge in [0, 0.05) is 44.0 Å². The Balaban J connectivity index is 1.37. The normalized spacial score (nSPS) is 13.3. The van der Waals surface area contributed by atoms with Crippen LogP contribution in [0.25, 0.3) is 0 Å². The molecule has 1 aliphatic heterocycles. The van der Waals surface area contributed by atoms with Crippen LogP contribution < -0.4 is 5.32 Å². The first-order valence-corrected chi connectivity index (χ1v) is 10.3. The molecule has 0 atom stereocenters. The lowest BCUT2D eigenvalue weighted by Gasteiger charge is -2.27. The Morgan fingerprint density at radius 2 is 1.93 bits per heavy atom. The number of carbonyl (C=O) groups is 2. The van der Waals surface area contributed by atoms with Gasteiger partial charge in [0.2, 0.25) is 11.8 Å². The fourth-order valence-electron chi connectivity index (χ4n) is 3.10. The molecule has 0 fully saturated rings. The quantitative estimate of drug-likeness (QED) is 0.758. The second-order valence-corrected chi connectivity index (χ2v) is 7.67. The van der Waals surface area contributed by atoms with Crippen LogP contribution >= 0.6 is 11.3 Å². The van der Waals surface area contributed by atoms with E-state index in [1.807, 2.05) is 36.1 Å². The lowest BCUT2D eigenvalue weighted by atomic mass is 10.1. The molecule has 1 aliphatic rings. The molecule has 6 heteroatoms. The average molecular weight is 387 g/mol. The van der Waals surface area contributed by atoms with Crippen molar-refractivity contribution >= 4 is 23.2 Å². The van der Waals surface area contributed by atoms with Crippen molar-refractivity contribution in [2.24, 2.45) is 0 Å². The van der Waals surface area contributed by atoms with Gasteiger partial charge in [-0.3, -0.25) is 9.59 Å². The molecule has 1 aromatic carbocycles. The minimum atomic E-state index is -0.0880. The predicted octanol–water partition coefficient (Wildman–Crippen LogP) is 3.27. The number of carbonyl (C=O) groups excluding carboxylic acids is 2. The summed E-state index contributed by atoms with van der Waals surface area (Å²) < 4.78 is 5.37. The number of amides is 2. The summed E-state index contributed by atoms with van der Waals surface area (Å²) in [5, 5.41) is 4.97. The molecule has 0 aliphatic carbocycles. The van der Waals surface area contributed by atoms with E-state index in [9.17, 15) is 9.59 Å². The zero-order valence-corrected chi connectivity index (χ0v) is 16.5. The van der Waals surface area contributed by atoms with Crippen molar-refractivity contribution in [3.63, 3.8) is 0 Å². The number of fused-ring (bicyclic) bond motifs is 1. The van der Waals surface area contributed by atoms with Crippen LogP contribution in [0, 0.1) is 0 Å². The molecular formula is C21H26N2O3S. The molecule has 3 rings (SSSR count). The smallest absolute Gasteiger partial charge is 0.223 e. The zero-order chi connectivity index (χ0) is 19.1. The molecule has 27 heavy (non-hydrogen) atoms. The minimum Gasteiger partial charge on any atom is -0.377 e. The lowest BCUT2D eigenvalue weighted by Crippen LogP contribution is -2.36. The van der Waals surface area contributed by atoms with Gasteiger partial charge < -0.3 is 15.0 Å². The summed E-state index contributed by atoms with van der Waals surface area (Å²) in [4.78, 5) is 27.7. The maximum absolute atomic E-state index is 12.4. The van der Waals surface area contributed by atoms with Crippen LogP contribution in [0.15, 0.2) is 35.7 Å². The van der Waals surface area contributed by atoms with E-state index in [2.05, 4.69) is 16.8 Å². The van der Waals surface area contributed by atoms with Gasteiger partial charge in [-0.05, 0) is 41.5 Å². The number of benzene rings is 1. The van der Waals surface area contributed by atoms with E-state index in [0.717, 1.165) is 24.1 Å². The highest BCUT2D eigenvalue weighted by Gasteiger charge is 2.21. The molecule has 0 radical (unpaired) electrons. The molecule has 0 bridgehead atoms. The first kappa shape index (κ1) is 19.6. The van der Waals surface area contributed by atoms with E-state index in [-0.39, 0.29) is 24.7 Å². The Bertz CT molecular complexity index is 770. The van der Waals surface area contributed by atoms with Gasteiger partial charge in [0.25, 0.3) is 0 Å². The molecule has 5 nitrogen and oxygen atoms in total. The highest BCUT2D eigenvalue weighted by atomic mass is 32.1. The summed E-state index contributed by atoms with van der Waals surface area (Å²) in [7, 11) is 0. The maximum Gasteiger partial charge on any atom is 0.223 e. The molecule has 2 amide bonds. The van der Waals surface area contributed by atoms with Gasteiger partial charge in [-0.25, -0.2) is 0 Å². The largest absolute Gasteiger partial charge is 0.377 e. The van der Waals surface area contributed by atoms with Crippen LogP contribution in [0.5, 0.6) is 0 Å². The van der Waals surface area contributed by atoms with E-state index in [1.54, 1.807) is 11.3 Å². The zero-order valence-electron chi connectivity index (χ0n) is 15.7. The van der Waals surface area contributed by atoms with Crippen LogP contribution in [0.2, 0.25) is 0 Å². The van der Waals surface area contributed by atoms with Crippen LogP contribution in [0.1, 0.15) is 41.3 Å². The van der Waals surface area contributed by atoms with Crippen LogP contribution in [0.4, 0.5) is 0 Å². The van der Waals surface area contributed by atoms with Gasteiger partial charge in [0.15, 0.2) is 0 Å². The molecule has 2 heterocycles. The molecule has 0 saturated heterocycles. The molecule has 1 aromatic heterocycles. The minimum absolute atomic E-state index is 0.0577. The number of ether oxygens (including phenoxy) is 1. The van der Waals surface area contributed by atoms with Gasteiger partial charge in [-0.2, -0.15) is 0 Å². The standard InChI is InChI=1S/C21H26N2O3S/c1-2-26-15-17-5-3-16(4-6-17)13-22-20(24)7-8-21(25)23-11-9-19-18(14-23)10-12-27-19/h3-6,10,12H,2,7-9,11,13-15H2,1H3,(H,22,24). The average Bonchev–Trinajstić information content (AvgIpc) is 3.17. The summed E-state index contributed by atoms with van der Waals surface area (Å²) in [6, 6.07) is 10.1. The Kier molecular flexibility index (Phi) is 7.01. The molecule has 144 valence electrons. The van der Waals surface area contributed by atoms with E-state index in [0.29, 0.717) is 26.3 Å².